The second kappa shape index (κ2) is 9.93. The van der Waals surface area contributed by atoms with E-state index in [0.29, 0.717) is 30.4 Å². The number of nitro groups is 2. The Balaban J connectivity index is 1.58. The lowest BCUT2D eigenvalue weighted by molar-refractivity contribution is -0.394. The molecule has 0 atom stereocenters. The van der Waals surface area contributed by atoms with Crippen molar-refractivity contribution in [3.63, 3.8) is 0 Å². The van der Waals surface area contributed by atoms with Crippen LogP contribution in [0, 0.1) is 20.2 Å². The molecule has 4 rings (SSSR count). The highest BCUT2D eigenvalue weighted by molar-refractivity contribution is 8.18. The number of likely N-dealkylation sites (tertiary alicyclic amines) is 1. The number of rotatable bonds is 7. The summed E-state index contributed by atoms with van der Waals surface area (Å²) < 4.78 is 5.68. The minimum Gasteiger partial charge on any atom is -0.449 e. The first-order chi connectivity index (χ1) is 16.7. The van der Waals surface area contributed by atoms with E-state index < -0.39 is 32.4 Å². The quantitative estimate of drug-likeness (QED) is 0.313. The third-order valence-corrected chi connectivity index (χ3v) is 6.31. The van der Waals surface area contributed by atoms with E-state index in [0.717, 1.165) is 35.9 Å². The molecule has 2 heterocycles. The lowest BCUT2D eigenvalue weighted by Gasteiger charge is -2.18. The molecule has 0 spiro atoms. The normalized spacial score (nSPS) is 16.7. The summed E-state index contributed by atoms with van der Waals surface area (Å²) in [6.07, 6.45) is 3.17. The second-order valence-corrected chi connectivity index (χ2v) is 8.66. The summed E-state index contributed by atoms with van der Waals surface area (Å²) >= 11 is 0.678. The van der Waals surface area contributed by atoms with Crippen LogP contribution in [0.5, 0.6) is 11.5 Å². The molecule has 2 fully saturated rings. The Morgan fingerprint density at radius 1 is 1.03 bits per heavy atom. The van der Waals surface area contributed by atoms with E-state index in [1.165, 1.54) is 12.1 Å². The van der Waals surface area contributed by atoms with E-state index >= 15 is 0 Å². The fourth-order valence-corrected chi connectivity index (χ4v) is 4.47. The first-order valence-corrected chi connectivity index (χ1v) is 11.3. The number of thioether (sulfide) groups is 1. The van der Waals surface area contributed by atoms with Gasteiger partial charge in [0.15, 0.2) is 0 Å². The molecule has 0 radical (unpaired) electrons. The summed E-state index contributed by atoms with van der Waals surface area (Å²) in [5.41, 5.74) is -0.722. The lowest BCUT2D eigenvalue weighted by Crippen LogP contribution is -2.40. The summed E-state index contributed by atoms with van der Waals surface area (Å²) in [6, 6.07) is 9.31. The predicted molar refractivity (Wildman–Crippen MR) is 125 cm³/mol. The zero-order chi connectivity index (χ0) is 25.1. The van der Waals surface area contributed by atoms with Gasteiger partial charge in [-0.05, 0) is 42.8 Å². The van der Waals surface area contributed by atoms with Crippen LogP contribution >= 0.6 is 11.8 Å². The van der Waals surface area contributed by atoms with E-state index in [1.807, 2.05) is 0 Å². The van der Waals surface area contributed by atoms with Crippen LogP contribution in [-0.4, -0.2) is 56.3 Å². The molecule has 0 aromatic heterocycles. The zero-order valence-electron chi connectivity index (χ0n) is 18.1. The van der Waals surface area contributed by atoms with Crippen molar-refractivity contribution >= 4 is 46.3 Å². The second-order valence-electron chi connectivity index (χ2n) is 7.66. The Kier molecular flexibility index (Phi) is 6.78. The summed E-state index contributed by atoms with van der Waals surface area (Å²) in [7, 11) is 0. The van der Waals surface area contributed by atoms with Gasteiger partial charge >= 0.3 is 5.69 Å². The van der Waals surface area contributed by atoms with Crippen molar-refractivity contribution in [3.05, 3.63) is 73.2 Å². The van der Waals surface area contributed by atoms with Gasteiger partial charge in [0.1, 0.15) is 12.3 Å². The van der Waals surface area contributed by atoms with Crippen LogP contribution in [0.1, 0.15) is 18.4 Å². The summed E-state index contributed by atoms with van der Waals surface area (Å²) in [5, 5.41) is 21.8. The number of imide groups is 1. The van der Waals surface area contributed by atoms with Crippen molar-refractivity contribution in [2.75, 3.05) is 19.6 Å². The van der Waals surface area contributed by atoms with Gasteiger partial charge in [-0.15, -0.1) is 0 Å². The molecular formula is C22H18N4O8S. The Labute approximate surface area is 202 Å². The number of para-hydroxylation sites is 1. The number of non-ortho nitro benzene ring substituents is 1. The highest BCUT2D eigenvalue weighted by atomic mass is 32.2. The maximum Gasteiger partial charge on any atom is 0.318 e. The number of carbonyl (C=O) groups excluding carboxylic acids is 3. The number of hydrogen-bond donors (Lipinski definition) is 0. The molecule has 0 N–H and O–H groups in total. The molecule has 2 aromatic rings. The largest absolute Gasteiger partial charge is 0.449 e. The van der Waals surface area contributed by atoms with E-state index in [4.69, 9.17) is 4.74 Å². The molecule has 2 saturated heterocycles. The average molecular weight is 498 g/mol. The van der Waals surface area contributed by atoms with Gasteiger partial charge in [-0.25, -0.2) is 0 Å². The number of nitro benzene ring substituents is 2. The van der Waals surface area contributed by atoms with E-state index in [1.54, 1.807) is 23.1 Å². The molecule has 180 valence electrons. The standard InChI is InChI=1S/C22H18N4O8S/c27-20(23-9-3-4-10-23)13-24-21(28)19(35-22(24)29)11-14-5-1-2-6-17(14)34-18-8-7-15(25(30)31)12-16(18)26(32)33/h1-2,5-8,11-12H,3-4,9-10,13H2/b19-11-. The highest BCUT2D eigenvalue weighted by Gasteiger charge is 2.37. The summed E-state index contributed by atoms with van der Waals surface area (Å²) in [6.45, 7) is 0.865. The molecule has 0 unspecified atom stereocenters. The molecular weight excluding hydrogens is 480 g/mol. The van der Waals surface area contributed by atoms with Crippen LogP contribution in [0.25, 0.3) is 6.08 Å². The van der Waals surface area contributed by atoms with Gasteiger partial charge in [0, 0.05) is 24.7 Å². The van der Waals surface area contributed by atoms with E-state index in [-0.39, 0.29) is 28.9 Å². The van der Waals surface area contributed by atoms with Crippen LogP contribution < -0.4 is 4.74 Å². The maximum absolute atomic E-state index is 12.8. The molecule has 0 saturated carbocycles. The van der Waals surface area contributed by atoms with Gasteiger partial charge in [-0.2, -0.15) is 0 Å². The average Bonchev–Trinajstić information content (AvgIpc) is 3.45. The van der Waals surface area contributed by atoms with Crippen molar-refractivity contribution in [1.82, 2.24) is 9.80 Å². The maximum atomic E-state index is 12.8. The van der Waals surface area contributed by atoms with Crippen molar-refractivity contribution < 1.29 is 29.0 Å². The molecule has 2 aliphatic heterocycles. The van der Waals surface area contributed by atoms with Gasteiger partial charge in [-0.3, -0.25) is 39.5 Å². The predicted octanol–water partition coefficient (Wildman–Crippen LogP) is 3.95. The Bertz CT molecular complexity index is 1270. The van der Waals surface area contributed by atoms with E-state index in [2.05, 4.69) is 0 Å². The van der Waals surface area contributed by atoms with Gasteiger partial charge in [0.25, 0.3) is 16.8 Å². The van der Waals surface area contributed by atoms with Gasteiger partial charge in [0.05, 0.1) is 20.8 Å². The van der Waals surface area contributed by atoms with Crippen LogP contribution in [0.15, 0.2) is 47.4 Å². The minimum atomic E-state index is -0.798. The smallest absolute Gasteiger partial charge is 0.318 e. The molecule has 2 aliphatic rings. The summed E-state index contributed by atoms with van der Waals surface area (Å²) in [5.74, 6) is -1.01. The lowest BCUT2D eigenvalue weighted by atomic mass is 10.1. The number of hydrogen-bond acceptors (Lipinski definition) is 9. The fourth-order valence-electron chi connectivity index (χ4n) is 3.64. The van der Waals surface area contributed by atoms with Crippen molar-refractivity contribution in [2.24, 2.45) is 0 Å². The number of amides is 3. The molecule has 0 bridgehead atoms. The molecule has 12 nitrogen and oxygen atoms in total. The highest BCUT2D eigenvalue weighted by Crippen LogP contribution is 2.38. The Morgan fingerprint density at radius 2 is 1.74 bits per heavy atom. The van der Waals surface area contributed by atoms with Crippen LogP contribution in [0.4, 0.5) is 16.2 Å². The third kappa shape index (κ3) is 5.14. The summed E-state index contributed by atoms with van der Waals surface area (Å²) in [4.78, 5) is 61.1. The molecule has 3 amide bonds. The molecule has 2 aromatic carbocycles. The van der Waals surface area contributed by atoms with Crippen molar-refractivity contribution in [2.45, 2.75) is 12.8 Å². The number of carbonyl (C=O) groups is 3. The molecule has 13 heteroatoms. The van der Waals surface area contributed by atoms with Crippen LogP contribution in [0.3, 0.4) is 0 Å². The third-order valence-electron chi connectivity index (χ3n) is 5.40. The fraction of sp³-hybridized carbons (Fsp3) is 0.227. The number of ether oxygens (including phenoxy) is 1. The molecule has 0 aliphatic carbocycles. The Hall–Kier alpha value is -4.26. The van der Waals surface area contributed by atoms with E-state index in [9.17, 15) is 34.6 Å². The Morgan fingerprint density at radius 3 is 2.43 bits per heavy atom. The van der Waals surface area contributed by atoms with Crippen molar-refractivity contribution in [1.29, 1.82) is 0 Å². The minimum absolute atomic E-state index is 0.0680. The SMILES string of the molecule is O=C(CN1C(=O)S/C(=C\c2ccccc2Oc2ccc([N+](=O)[O-])cc2[N+](=O)[O-])C1=O)N1CCCC1. The first kappa shape index (κ1) is 23.9. The van der Waals surface area contributed by atoms with Crippen molar-refractivity contribution in [3.8, 4) is 11.5 Å². The number of nitrogens with zero attached hydrogens (tertiary/aromatic N) is 4. The zero-order valence-corrected chi connectivity index (χ0v) is 18.9. The van der Waals surface area contributed by atoms with Gasteiger partial charge in [0.2, 0.25) is 11.7 Å². The van der Waals surface area contributed by atoms with Gasteiger partial charge < -0.3 is 9.64 Å². The molecule has 35 heavy (non-hydrogen) atoms. The first-order valence-electron chi connectivity index (χ1n) is 10.5. The van der Waals surface area contributed by atoms with Crippen LogP contribution in [-0.2, 0) is 9.59 Å². The topological polar surface area (TPSA) is 153 Å². The monoisotopic (exact) mass is 498 g/mol. The van der Waals surface area contributed by atoms with Crippen LogP contribution in [0.2, 0.25) is 0 Å². The van der Waals surface area contributed by atoms with Gasteiger partial charge in [-0.1, -0.05) is 18.2 Å². The number of benzene rings is 2.